The number of hydrogen-bond acceptors (Lipinski definition) is 3. The summed E-state index contributed by atoms with van der Waals surface area (Å²) in [6.07, 6.45) is 4.77. The predicted octanol–water partition coefficient (Wildman–Crippen LogP) is 1.70. The van der Waals surface area contributed by atoms with E-state index >= 15 is 0 Å². The van der Waals surface area contributed by atoms with Crippen LogP contribution in [0.4, 0.5) is 0 Å². The minimum Gasteiger partial charge on any atom is -0.380 e. The predicted molar refractivity (Wildman–Crippen MR) is 73.5 cm³/mol. The van der Waals surface area contributed by atoms with Crippen molar-refractivity contribution in [3.8, 4) is 0 Å². The molecule has 1 atom stereocenters. The zero-order chi connectivity index (χ0) is 13.4. The van der Waals surface area contributed by atoms with Crippen LogP contribution in [0.2, 0.25) is 0 Å². The standard InChI is InChI=1S/C14H28N2O2/c1-4-18-10-13(11(2)3)15-9-14(17)16-12-7-5-6-8-12/h11-13,15H,4-10H2,1-3H3,(H,16,17). The second-order valence-electron chi connectivity index (χ2n) is 5.44. The molecule has 4 heteroatoms. The Balaban J connectivity index is 2.20. The maximum atomic E-state index is 11.8. The van der Waals surface area contributed by atoms with Crippen LogP contribution >= 0.6 is 0 Å². The van der Waals surface area contributed by atoms with Gasteiger partial charge in [-0.1, -0.05) is 26.7 Å². The molecule has 0 heterocycles. The minimum absolute atomic E-state index is 0.115. The normalized spacial score (nSPS) is 18.2. The third-order valence-electron chi connectivity index (χ3n) is 3.55. The van der Waals surface area contributed by atoms with E-state index in [0.29, 0.717) is 25.1 Å². The smallest absolute Gasteiger partial charge is 0.234 e. The molecule has 1 unspecified atom stereocenters. The maximum Gasteiger partial charge on any atom is 0.234 e. The monoisotopic (exact) mass is 256 g/mol. The third-order valence-corrected chi connectivity index (χ3v) is 3.55. The summed E-state index contributed by atoms with van der Waals surface area (Å²) >= 11 is 0. The zero-order valence-corrected chi connectivity index (χ0v) is 12.0. The van der Waals surface area contributed by atoms with Crippen molar-refractivity contribution in [3.63, 3.8) is 0 Å². The van der Waals surface area contributed by atoms with Crippen LogP contribution < -0.4 is 10.6 Å². The number of ether oxygens (including phenoxy) is 1. The van der Waals surface area contributed by atoms with Crippen LogP contribution in [0.1, 0.15) is 46.5 Å². The van der Waals surface area contributed by atoms with Gasteiger partial charge >= 0.3 is 0 Å². The van der Waals surface area contributed by atoms with Crippen molar-refractivity contribution in [2.75, 3.05) is 19.8 Å². The Morgan fingerprint density at radius 2 is 2.00 bits per heavy atom. The first-order valence-electron chi connectivity index (χ1n) is 7.24. The van der Waals surface area contributed by atoms with Gasteiger partial charge in [-0.3, -0.25) is 4.79 Å². The van der Waals surface area contributed by atoms with Gasteiger partial charge in [-0.25, -0.2) is 0 Å². The van der Waals surface area contributed by atoms with Gasteiger partial charge in [0.1, 0.15) is 0 Å². The van der Waals surface area contributed by atoms with Gasteiger partial charge in [0.05, 0.1) is 13.2 Å². The highest BCUT2D eigenvalue weighted by Crippen LogP contribution is 2.17. The van der Waals surface area contributed by atoms with Crippen LogP contribution in [0.15, 0.2) is 0 Å². The Kier molecular flexibility index (Phi) is 7.28. The first-order chi connectivity index (χ1) is 8.63. The summed E-state index contributed by atoms with van der Waals surface area (Å²) in [7, 11) is 0. The summed E-state index contributed by atoms with van der Waals surface area (Å²) in [5.74, 6) is 0.583. The zero-order valence-electron chi connectivity index (χ0n) is 12.0. The highest BCUT2D eigenvalue weighted by molar-refractivity contribution is 5.78. The molecule has 0 radical (unpaired) electrons. The van der Waals surface area contributed by atoms with E-state index < -0.39 is 0 Å². The van der Waals surface area contributed by atoms with Crippen LogP contribution in [0.3, 0.4) is 0 Å². The number of rotatable bonds is 8. The number of amides is 1. The third kappa shape index (κ3) is 5.83. The second kappa shape index (κ2) is 8.48. The van der Waals surface area contributed by atoms with Crippen LogP contribution in [0.5, 0.6) is 0 Å². The molecule has 0 aliphatic heterocycles. The number of carbonyl (C=O) groups excluding carboxylic acids is 1. The molecule has 1 rings (SSSR count). The summed E-state index contributed by atoms with van der Waals surface area (Å²) in [4.78, 5) is 11.8. The molecular weight excluding hydrogens is 228 g/mol. The molecule has 0 aromatic heterocycles. The average Bonchev–Trinajstić information content (AvgIpc) is 2.81. The van der Waals surface area contributed by atoms with Gasteiger partial charge in [0, 0.05) is 18.7 Å². The summed E-state index contributed by atoms with van der Waals surface area (Å²) in [6, 6.07) is 0.656. The van der Waals surface area contributed by atoms with Crippen LogP contribution in [0.25, 0.3) is 0 Å². The largest absolute Gasteiger partial charge is 0.380 e. The topological polar surface area (TPSA) is 50.4 Å². The summed E-state index contributed by atoms with van der Waals surface area (Å²) < 4.78 is 5.43. The average molecular weight is 256 g/mol. The summed E-state index contributed by atoms with van der Waals surface area (Å²) in [5, 5.41) is 6.38. The summed E-state index contributed by atoms with van der Waals surface area (Å²) in [6.45, 7) is 8.07. The highest BCUT2D eigenvalue weighted by Gasteiger charge is 2.18. The molecule has 18 heavy (non-hydrogen) atoms. The molecule has 0 spiro atoms. The molecule has 1 aliphatic rings. The van der Waals surface area contributed by atoms with Crippen molar-refractivity contribution in [2.45, 2.75) is 58.5 Å². The fourth-order valence-electron chi connectivity index (χ4n) is 2.30. The van der Waals surface area contributed by atoms with Gasteiger partial charge in [0.25, 0.3) is 0 Å². The first-order valence-corrected chi connectivity index (χ1v) is 7.24. The van der Waals surface area contributed by atoms with E-state index in [0.717, 1.165) is 19.4 Å². The molecule has 2 N–H and O–H groups in total. The fraction of sp³-hybridized carbons (Fsp3) is 0.929. The second-order valence-corrected chi connectivity index (χ2v) is 5.44. The van der Waals surface area contributed by atoms with Gasteiger partial charge < -0.3 is 15.4 Å². The molecule has 0 saturated heterocycles. The van der Waals surface area contributed by atoms with Crippen molar-refractivity contribution in [2.24, 2.45) is 5.92 Å². The van der Waals surface area contributed by atoms with Crippen LogP contribution in [0, 0.1) is 5.92 Å². The lowest BCUT2D eigenvalue weighted by atomic mass is 10.1. The Labute approximate surface area is 111 Å². The lowest BCUT2D eigenvalue weighted by molar-refractivity contribution is -0.121. The van der Waals surface area contributed by atoms with Crippen molar-refractivity contribution in [1.29, 1.82) is 0 Å². The minimum atomic E-state index is 0.115. The van der Waals surface area contributed by atoms with Gasteiger partial charge in [-0.05, 0) is 25.7 Å². The van der Waals surface area contributed by atoms with Crippen LogP contribution in [-0.4, -0.2) is 37.7 Å². The fourth-order valence-corrected chi connectivity index (χ4v) is 2.30. The van der Waals surface area contributed by atoms with Gasteiger partial charge in [0.2, 0.25) is 5.91 Å². The molecular formula is C14H28N2O2. The van der Waals surface area contributed by atoms with E-state index in [9.17, 15) is 4.79 Å². The van der Waals surface area contributed by atoms with Crippen LogP contribution in [-0.2, 0) is 9.53 Å². The van der Waals surface area contributed by atoms with E-state index in [1.807, 2.05) is 6.92 Å². The van der Waals surface area contributed by atoms with Crippen molar-refractivity contribution < 1.29 is 9.53 Å². The van der Waals surface area contributed by atoms with Crippen molar-refractivity contribution in [1.82, 2.24) is 10.6 Å². The van der Waals surface area contributed by atoms with Gasteiger partial charge in [-0.2, -0.15) is 0 Å². The Hall–Kier alpha value is -0.610. The van der Waals surface area contributed by atoms with Gasteiger partial charge in [0.15, 0.2) is 0 Å². The lowest BCUT2D eigenvalue weighted by Crippen LogP contribution is -2.45. The van der Waals surface area contributed by atoms with Crippen molar-refractivity contribution in [3.05, 3.63) is 0 Å². The highest BCUT2D eigenvalue weighted by atomic mass is 16.5. The molecule has 106 valence electrons. The van der Waals surface area contributed by atoms with E-state index in [-0.39, 0.29) is 11.9 Å². The molecule has 0 aromatic rings. The van der Waals surface area contributed by atoms with E-state index in [2.05, 4.69) is 24.5 Å². The summed E-state index contributed by atoms with van der Waals surface area (Å²) in [5.41, 5.74) is 0. The molecule has 4 nitrogen and oxygen atoms in total. The number of hydrogen-bond donors (Lipinski definition) is 2. The van der Waals surface area contributed by atoms with E-state index in [1.165, 1.54) is 12.8 Å². The maximum absolute atomic E-state index is 11.8. The Morgan fingerprint density at radius 1 is 1.33 bits per heavy atom. The Morgan fingerprint density at radius 3 is 2.56 bits per heavy atom. The number of carbonyl (C=O) groups is 1. The quantitative estimate of drug-likeness (QED) is 0.695. The number of nitrogens with one attached hydrogen (secondary N) is 2. The molecule has 1 amide bonds. The van der Waals surface area contributed by atoms with E-state index in [1.54, 1.807) is 0 Å². The SMILES string of the molecule is CCOCC(NCC(=O)NC1CCCC1)C(C)C. The van der Waals surface area contributed by atoms with E-state index in [4.69, 9.17) is 4.74 Å². The molecule has 1 saturated carbocycles. The molecule has 1 fully saturated rings. The van der Waals surface area contributed by atoms with Gasteiger partial charge in [-0.15, -0.1) is 0 Å². The molecule has 0 aromatic carbocycles. The van der Waals surface area contributed by atoms with Crippen molar-refractivity contribution >= 4 is 5.91 Å². The lowest BCUT2D eigenvalue weighted by Gasteiger charge is -2.22. The Bertz CT molecular complexity index is 238. The molecule has 1 aliphatic carbocycles. The first kappa shape index (κ1) is 15.4. The molecule has 0 bridgehead atoms.